The first-order chi connectivity index (χ1) is 44.6. The number of hydrogen-bond acceptors (Lipinski definition) is 15. The molecule has 93 heavy (non-hydrogen) atoms. The van der Waals surface area contributed by atoms with Crippen molar-refractivity contribution in [1.29, 1.82) is 0 Å². The quantitative estimate of drug-likeness (QED) is 0.0222. The van der Waals surface area contributed by atoms with Crippen LogP contribution in [0.15, 0.2) is 0 Å². The fourth-order valence-electron chi connectivity index (χ4n) is 11.2. The van der Waals surface area contributed by atoms with Crippen LogP contribution in [0, 0.1) is 23.7 Å². The molecule has 0 saturated heterocycles. The lowest BCUT2D eigenvalue weighted by atomic mass is 10.0. The van der Waals surface area contributed by atoms with Crippen LogP contribution in [0.4, 0.5) is 0 Å². The minimum atomic E-state index is -4.95. The van der Waals surface area contributed by atoms with Gasteiger partial charge >= 0.3 is 39.5 Å². The molecule has 0 rings (SSSR count). The molecule has 5 atom stereocenters. The summed E-state index contributed by atoms with van der Waals surface area (Å²) in [4.78, 5) is 72.6. The number of ether oxygens (including phenoxy) is 4. The van der Waals surface area contributed by atoms with Crippen LogP contribution in [0.5, 0.6) is 0 Å². The number of rotatable bonds is 71. The van der Waals surface area contributed by atoms with Crippen LogP contribution in [0.1, 0.15) is 370 Å². The lowest BCUT2D eigenvalue weighted by Crippen LogP contribution is -2.30. The number of aliphatic hydroxyl groups is 1. The fourth-order valence-corrected chi connectivity index (χ4v) is 12.8. The van der Waals surface area contributed by atoms with E-state index in [9.17, 15) is 43.2 Å². The van der Waals surface area contributed by atoms with Gasteiger partial charge in [-0.05, 0) is 49.4 Å². The number of carbonyl (C=O) groups excluding carboxylic acids is 4. The van der Waals surface area contributed by atoms with Crippen LogP contribution in [0.25, 0.3) is 0 Å². The average molecular weight is 1370 g/mol. The maximum Gasteiger partial charge on any atom is 0.472 e. The molecular formula is C74H144O17P2. The molecule has 17 nitrogen and oxygen atoms in total. The first-order valence-corrected chi connectivity index (χ1v) is 41.2. The third-order valence-corrected chi connectivity index (χ3v) is 19.0. The van der Waals surface area contributed by atoms with Gasteiger partial charge in [-0.1, -0.05) is 319 Å². The molecule has 0 aliphatic rings. The monoisotopic (exact) mass is 1370 g/mol. The summed E-state index contributed by atoms with van der Waals surface area (Å²) in [5, 5.41) is 10.6. The summed E-state index contributed by atoms with van der Waals surface area (Å²) in [6, 6.07) is 0. The Bertz CT molecular complexity index is 1830. The van der Waals surface area contributed by atoms with Crippen molar-refractivity contribution in [2.45, 2.75) is 388 Å². The molecule has 0 aliphatic heterocycles. The van der Waals surface area contributed by atoms with E-state index in [0.717, 1.165) is 108 Å². The van der Waals surface area contributed by atoms with E-state index < -0.39 is 97.5 Å². The van der Waals surface area contributed by atoms with Crippen molar-refractivity contribution < 1.29 is 80.2 Å². The molecule has 0 aliphatic carbocycles. The number of carbonyl (C=O) groups is 4. The molecule has 3 N–H and O–H groups in total. The minimum Gasteiger partial charge on any atom is -0.462 e. The maximum atomic E-state index is 13.0. The lowest BCUT2D eigenvalue weighted by molar-refractivity contribution is -0.161. The topological polar surface area (TPSA) is 237 Å². The molecule has 0 spiro atoms. The third-order valence-electron chi connectivity index (χ3n) is 17.1. The molecule has 3 unspecified atom stereocenters. The number of aliphatic hydroxyl groups excluding tert-OH is 1. The van der Waals surface area contributed by atoms with Crippen LogP contribution in [0.2, 0.25) is 0 Å². The second kappa shape index (κ2) is 63.5. The normalized spacial score (nSPS) is 14.2. The molecule has 0 radical (unpaired) electrons. The van der Waals surface area contributed by atoms with Gasteiger partial charge in [0, 0.05) is 25.7 Å². The van der Waals surface area contributed by atoms with Gasteiger partial charge in [-0.2, -0.15) is 0 Å². The van der Waals surface area contributed by atoms with Gasteiger partial charge in [-0.25, -0.2) is 9.13 Å². The van der Waals surface area contributed by atoms with Crippen molar-refractivity contribution in [3.8, 4) is 0 Å². The van der Waals surface area contributed by atoms with E-state index in [1.165, 1.54) is 167 Å². The molecule has 552 valence electrons. The van der Waals surface area contributed by atoms with E-state index >= 15 is 0 Å². The number of phosphoric ester groups is 2. The van der Waals surface area contributed by atoms with Crippen LogP contribution in [0.3, 0.4) is 0 Å². The van der Waals surface area contributed by atoms with Gasteiger partial charge < -0.3 is 33.8 Å². The second-order valence-electron chi connectivity index (χ2n) is 28.6. The standard InChI is InChI=1S/C74H144O17P2/c1-64(2)50-42-34-26-21-17-13-9-11-15-19-23-29-38-46-54-71(76)84-60-69(91-74(79)57-49-41-31-25-28-36-44-52-66(5)6)62-88-92(80,81)86-58-68(75)59-87-93(82,83)89-63-70(61-85-72(77)55-47-39-33-32-37-45-53-67(7)8)90-73(78)56-48-40-30-24-20-16-12-10-14-18-22-27-35-43-51-65(3)4/h64-70,75H,9-63H2,1-8H3,(H,80,81)(H,82,83)/t68?,69-,70-/m1/s1. The van der Waals surface area contributed by atoms with Crippen molar-refractivity contribution in [2.75, 3.05) is 39.6 Å². The largest absolute Gasteiger partial charge is 0.472 e. The smallest absolute Gasteiger partial charge is 0.462 e. The van der Waals surface area contributed by atoms with Gasteiger partial charge in [0.15, 0.2) is 12.2 Å². The zero-order valence-electron chi connectivity index (χ0n) is 60.9. The Hall–Kier alpha value is -1.94. The van der Waals surface area contributed by atoms with Crippen molar-refractivity contribution >= 4 is 39.5 Å². The Labute approximate surface area is 568 Å². The molecule has 0 bridgehead atoms. The van der Waals surface area contributed by atoms with Gasteiger partial charge in [0.05, 0.1) is 26.4 Å². The van der Waals surface area contributed by atoms with Crippen molar-refractivity contribution in [3.05, 3.63) is 0 Å². The second-order valence-corrected chi connectivity index (χ2v) is 31.5. The van der Waals surface area contributed by atoms with Gasteiger partial charge in [0.25, 0.3) is 0 Å². The third kappa shape index (κ3) is 68.4. The molecule has 0 heterocycles. The van der Waals surface area contributed by atoms with Gasteiger partial charge in [-0.3, -0.25) is 37.3 Å². The van der Waals surface area contributed by atoms with Crippen LogP contribution >= 0.6 is 15.6 Å². The molecule has 0 fully saturated rings. The minimum absolute atomic E-state index is 0.103. The van der Waals surface area contributed by atoms with E-state index in [1.807, 2.05) is 0 Å². The van der Waals surface area contributed by atoms with E-state index in [4.69, 9.17) is 37.0 Å². The summed E-state index contributed by atoms with van der Waals surface area (Å²) in [5.41, 5.74) is 0. The highest BCUT2D eigenvalue weighted by Crippen LogP contribution is 2.45. The predicted octanol–water partition coefficient (Wildman–Crippen LogP) is 21.3. The predicted molar refractivity (Wildman–Crippen MR) is 377 cm³/mol. The Kier molecular flexibility index (Phi) is 62.2. The number of unbranched alkanes of at least 4 members (excludes halogenated alkanes) is 37. The number of phosphoric acid groups is 2. The van der Waals surface area contributed by atoms with E-state index in [-0.39, 0.29) is 25.7 Å². The first-order valence-electron chi connectivity index (χ1n) is 38.2. The summed E-state index contributed by atoms with van der Waals surface area (Å²) < 4.78 is 68.4. The summed E-state index contributed by atoms with van der Waals surface area (Å²) in [5.74, 6) is 0.842. The molecular weight excluding hydrogens is 1220 g/mol. The molecule has 0 aromatic carbocycles. The van der Waals surface area contributed by atoms with Crippen molar-refractivity contribution in [2.24, 2.45) is 23.7 Å². The van der Waals surface area contributed by atoms with Gasteiger partial charge in [-0.15, -0.1) is 0 Å². The maximum absolute atomic E-state index is 13.0. The molecule has 19 heteroatoms. The highest BCUT2D eigenvalue weighted by atomic mass is 31.2. The van der Waals surface area contributed by atoms with Crippen LogP contribution in [-0.2, 0) is 65.4 Å². The Balaban J connectivity index is 5.18. The van der Waals surface area contributed by atoms with Gasteiger partial charge in [0.2, 0.25) is 0 Å². The summed E-state index contributed by atoms with van der Waals surface area (Å²) in [7, 11) is -9.91. The lowest BCUT2D eigenvalue weighted by Gasteiger charge is -2.21. The zero-order chi connectivity index (χ0) is 68.9. The molecule has 0 aromatic rings. The Morgan fingerprint density at radius 3 is 0.667 bits per heavy atom. The molecule has 0 saturated carbocycles. The first kappa shape index (κ1) is 91.1. The number of hydrogen-bond donors (Lipinski definition) is 3. The molecule has 0 aromatic heterocycles. The summed E-state index contributed by atoms with van der Waals surface area (Å²) in [6.07, 6.45) is 47.5. The van der Waals surface area contributed by atoms with Crippen LogP contribution < -0.4 is 0 Å². The van der Waals surface area contributed by atoms with E-state index in [0.29, 0.717) is 37.5 Å². The SMILES string of the molecule is CC(C)CCCCCCCCCCCCCCCCC(=O)OC[C@H](COP(=O)(O)OCC(O)COP(=O)(O)OC[C@@H](COC(=O)CCCCCCCCC(C)C)OC(=O)CCCCCCCCCCCCCCCCC(C)C)OC(=O)CCCCCCCCCC(C)C. The van der Waals surface area contributed by atoms with Crippen molar-refractivity contribution in [1.82, 2.24) is 0 Å². The van der Waals surface area contributed by atoms with Gasteiger partial charge in [0.1, 0.15) is 19.3 Å². The summed E-state index contributed by atoms with van der Waals surface area (Å²) >= 11 is 0. The highest BCUT2D eigenvalue weighted by Gasteiger charge is 2.30. The Morgan fingerprint density at radius 2 is 0.452 bits per heavy atom. The zero-order valence-corrected chi connectivity index (χ0v) is 62.7. The highest BCUT2D eigenvalue weighted by molar-refractivity contribution is 7.47. The van der Waals surface area contributed by atoms with Crippen LogP contribution in [-0.4, -0.2) is 96.7 Å². The number of esters is 4. The van der Waals surface area contributed by atoms with E-state index in [1.54, 1.807) is 0 Å². The molecule has 0 amide bonds. The van der Waals surface area contributed by atoms with Crippen molar-refractivity contribution in [3.63, 3.8) is 0 Å². The van der Waals surface area contributed by atoms with E-state index in [2.05, 4.69) is 55.4 Å². The fraction of sp³-hybridized carbons (Fsp3) is 0.946. The Morgan fingerprint density at radius 1 is 0.269 bits per heavy atom. The average Bonchev–Trinajstić information content (AvgIpc) is 3.03. The summed E-state index contributed by atoms with van der Waals surface area (Å²) in [6.45, 7) is 14.1.